The van der Waals surface area contributed by atoms with Gasteiger partial charge in [-0.2, -0.15) is 0 Å². The van der Waals surface area contributed by atoms with E-state index in [0.717, 1.165) is 34.8 Å². The van der Waals surface area contributed by atoms with Crippen LogP contribution in [0.1, 0.15) is 17.5 Å². The van der Waals surface area contributed by atoms with Crippen LogP contribution in [0, 0.1) is 0 Å². The summed E-state index contributed by atoms with van der Waals surface area (Å²) in [7, 11) is 0. The van der Waals surface area contributed by atoms with E-state index in [-0.39, 0.29) is 0 Å². The van der Waals surface area contributed by atoms with Crippen LogP contribution in [0.5, 0.6) is 0 Å². The maximum Gasteiger partial charge on any atom is 0.120 e. The van der Waals surface area contributed by atoms with Crippen molar-refractivity contribution in [3.05, 3.63) is 71.8 Å². The summed E-state index contributed by atoms with van der Waals surface area (Å²) in [6.45, 7) is -0.444. The summed E-state index contributed by atoms with van der Waals surface area (Å²) >= 11 is 0. The molecule has 22 heavy (non-hydrogen) atoms. The Labute approximate surface area is 129 Å². The third kappa shape index (κ3) is 2.91. The van der Waals surface area contributed by atoms with Gasteiger partial charge in [-0.05, 0) is 39.4 Å². The predicted octanol–water partition coefficient (Wildman–Crippen LogP) is 5.11. The molecule has 0 fully saturated rings. The zero-order valence-corrected chi connectivity index (χ0v) is 12.3. The van der Waals surface area contributed by atoms with Crippen LogP contribution in [0.2, 0.25) is 0 Å². The zero-order chi connectivity index (χ0) is 15.4. The highest BCUT2D eigenvalue weighted by Gasteiger charge is 2.07. The minimum Gasteiger partial charge on any atom is -0.303 e. The van der Waals surface area contributed by atoms with Gasteiger partial charge in [0.25, 0.3) is 0 Å². The second-order valence-corrected chi connectivity index (χ2v) is 5.40. The number of aldehydes is 1. The minimum atomic E-state index is -0.444. The van der Waals surface area contributed by atoms with Gasteiger partial charge in [0, 0.05) is 6.42 Å². The Morgan fingerprint density at radius 3 is 2.41 bits per heavy atom. The lowest BCUT2D eigenvalue weighted by molar-refractivity contribution is -0.107. The highest BCUT2D eigenvalue weighted by molar-refractivity contribution is 5.97. The van der Waals surface area contributed by atoms with Crippen molar-refractivity contribution in [3.8, 4) is 11.1 Å². The van der Waals surface area contributed by atoms with Crippen LogP contribution in [-0.2, 0) is 17.9 Å². The molecule has 3 aromatic carbocycles. The fourth-order valence-electron chi connectivity index (χ4n) is 2.75. The van der Waals surface area contributed by atoms with Crippen molar-refractivity contribution in [3.63, 3.8) is 0 Å². The minimum absolute atomic E-state index is 0.444. The Morgan fingerprint density at radius 2 is 1.68 bits per heavy atom. The van der Waals surface area contributed by atoms with Crippen LogP contribution < -0.4 is 0 Å². The Balaban J connectivity index is 2.14. The number of hydrogen-bond donors (Lipinski definition) is 0. The Bertz CT molecular complexity index is 790. The van der Waals surface area contributed by atoms with Crippen LogP contribution in [0.4, 0.5) is 4.39 Å². The van der Waals surface area contributed by atoms with Gasteiger partial charge in [-0.3, -0.25) is 0 Å². The highest BCUT2D eigenvalue weighted by atomic mass is 19.1. The number of hydrogen-bond acceptors (Lipinski definition) is 1. The molecular weight excluding hydrogens is 275 g/mol. The molecule has 3 aromatic rings. The SMILES string of the molecule is O=CCCc1cc(-c2ccc(CF)cc2)c2ccccc2c1. The number of carbonyl (C=O) groups is 1. The molecule has 0 aromatic heterocycles. The smallest absolute Gasteiger partial charge is 0.120 e. The van der Waals surface area contributed by atoms with Crippen molar-refractivity contribution < 1.29 is 9.18 Å². The second-order valence-electron chi connectivity index (χ2n) is 5.40. The molecule has 110 valence electrons. The van der Waals surface area contributed by atoms with Crippen LogP contribution in [0.15, 0.2) is 60.7 Å². The van der Waals surface area contributed by atoms with Crippen molar-refractivity contribution in [2.75, 3.05) is 0 Å². The van der Waals surface area contributed by atoms with Crippen LogP contribution in [-0.4, -0.2) is 6.29 Å². The largest absolute Gasteiger partial charge is 0.303 e. The average Bonchev–Trinajstić information content (AvgIpc) is 2.59. The first-order valence-corrected chi connectivity index (χ1v) is 7.42. The van der Waals surface area contributed by atoms with E-state index >= 15 is 0 Å². The molecule has 1 nitrogen and oxygen atoms in total. The number of aryl methyl sites for hydroxylation is 1. The van der Waals surface area contributed by atoms with E-state index in [4.69, 9.17) is 0 Å². The molecule has 0 aliphatic carbocycles. The Hall–Kier alpha value is -2.48. The third-order valence-electron chi connectivity index (χ3n) is 3.89. The lowest BCUT2D eigenvalue weighted by Crippen LogP contribution is -1.90. The molecule has 0 N–H and O–H groups in total. The van der Waals surface area contributed by atoms with E-state index < -0.39 is 6.67 Å². The quantitative estimate of drug-likeness (QED) is 0.597. The van der Waals surface area contributed by atoms with E-state index in [2.05, 4.69) is 24.3 Å². The van der Waals surface area contributed by atoms with Crippen molar-refractivity contribution in [1.29, 1.82) is 0 Å². The second kappa shape index (κ2) is 6.52. The van der Waals surface area contributed by atoms with E-state index in [0.29, 0.717) is 12.0 Å². The predicted molar refractivity (Wildman–Crippen MR) is 88.6 cm³/mol. The van der Waals surface area contributed by atoms with Crippen molar-refractivity contribution >= 4 is 17.1 Å². The molecule has 0 saturated carbocycles. The molecular formula is C20H17FO. The van der Waals surface area contributed by atoms with Gasteiger partial charge in [0.15, 0.2) is 0 Å². The van der Waals surface area contributed by atoms with Crippen molar-refractivity contribution in [1.82, 2.24) is 0 Å². The molecule has 0 saturated heterocycles. The molecule has 0 atom stereocenters. The summed E-state index contributed by atoms with van der Waals surface area (Å²) in [6.07, 6.45) is 2.22. The van der Waals surface area contributed by atoms with Gasteiger partial charge in [0.1, 0.15) is 13.0 Å². The fourth-order valence-corrected chi connectivity index (χ4v) is 2.75. The van der Waals surface area contributed by atoms with Gasteiger partial charge in [-0.15, -0.1) is 0 Å². The normalized spacial score (nSPS) is 10.8. The number of rotatable bonds is 5. The molecule has 0 unspecified atom stereocenters. The van der Waals surface area contributed by atoms with E-state index in [1.165, 1.54) is 5.39 Å². The number of fused-ring (bicyclic) bond motifs is 1. The van der Waals surface area contributed by atoms with E-state index in [1.807, 2.05) is 36.4 Å². The first kappa shape index (κ1) is 14.5. The number of carbonyl (C=O) groups excluding carboxylic acids is 1. The fraction of sp³-hybridized carbons (Fsp3) is 0.150. The monoisotopic (exact) mass is 292 g/mol. The highest BCUT2D eigenvalue weighted by Crippen LogP contribution is 2.31. The zero-order valence-electron chi connectivity index (χ0n) is 12.3. The number of alkyl halides is 1. The van der Waals surface area contributed by atoms with Gasteiger partial charge in [0.2, 0.25) is 0 Å². The van der Waals surface area contributed by atoms with Crippen molar-refractivity contribution in [2.45, 2.75) is 19.5 Å². The Kier molecular flexibility index (Phi) is 4.29. The molecule has 0 aliphatic rings. The number of halogens is 1. The van der Waals surface area contributed by atoms with Crippen molar-refractivity contribution in [2.24, 2.45) is 0 Å². The van der Waals surface area contributed by atoms with Gasteiger partial charge in [-0.25, -0.2) is 4.39 Å². The lowest BCUT2D eigenvalue weighted by atomic mass is 9.94. The average molecular weight is 292 g/mol. The van der Waals surface area contributed by atoms with Crippen LogP contribution >= 0.6 is 0 Å². The van der Waals surface area contributed by atoms with Gasteiger partial charge < -0.3 is 4.79 Å². The maximum atomic E-state index is 12.7. The van der Waals surface area contributed by atoms with E-state index in [1.54, 1.807) is 0 Å². The molecule has 0 bridgehead atoms. The molecule has 0 amide bonds. The van der Waals surface area contributed by atoms with Gasteiger partial charge in [0.05, 0.1) is 0 Å². The summed E-state index contributed by atoms with van der Waals surface area (Å²) in [5.74, 6) is 0. The molecule has 0 aliphatic heterocycles. The lowest BCUT2D eigenvalue weighted by Gasteiger charge is -2.11. The molecule has 2 heteroatoms. The standard InChI is InChI=1S/C20H17FO/c21-14-15-7-9-17(10-8-15)20-13-16(4-3-11-22)12-18-5-1-2-6-19(18)20/h1-2,5-13H,3-4,14H2. The first-order chi connectivity index (χ1) is 10.8. The third-order valence-corrected chi connectivity index (χ3v) is 3.89. The summed E-state index contributed by atoms with van der Waals surface area (Å²) in [6, 6.07) is 20.0. The molecule has 0 spiro atoms. The topological polar surface area (TPSA) is 17.1 Å². The number of benzene rings is 3. The van der Waals surface area contributed by atoms with Crippen LogP contribution in [0.3, 0.4) is 0 Å². The van der Waals surface area contributed by atoms with Gasteiger partial charge in [-0.1, -0.05) is 60.7 Å². The van der Waals surface area contributed by atoms with E-state index in [9.17, 15) is 9.18 Å². The maximum absolute atomic E-state index is 12.7. The summed E-state index contributed by atoms with van der Waals surface area (Å²) in [4.78, 5) is 10.6. The molecule has 3 rings (SSSR count). The summed E-state index contributed by atoms with van der Waals surface area (Å²) < 4.78 is 12.7. The van der Waals surface area contributed by atoms with Crippen LogP contribution in [0.25, 0.3) is 21.9 Å². The Morgan fingerprint density at radius 1 is 0.909 bits per heavy atom. The summed E-state index contributed by atoms with van der Waals surface area (Å²) in [5.41, 5.74) is 4.03. The molecule has 0 radical (unpaired) electrons. The summed E-state index contributed by atoms with van der Waals surface area (Å²) in [5, 5.41) is 2.33. The first-order valence-electron chi connectivity index (χ1n) is 7.42. The van der Waals surface area contributed by atoms with Gasteiger partial charge >= 0.3 is 0 Å². The molecule has 0 heterocycles.